The van der Waals surface area contributed by atoms with Crippen LogP contribution < -0.4 is 20.1 Å². The van der Waals surface area contributed by atoms with E-state index in [4.69, 9.17) is 9.47 Å². The van der Waals surface area contributed by atoms with Crippen LogP contribution in [-0.4, -0.2) is 51.0 Å². The summed E-state index contributed by atoms with van der Waals surface area (Å²) in [6.45, 7) is 2.61. The molecule has 0 aliphatic rings. The van der Waals surface area contributed by atoms with Crippen molar-refractivity contribution in [3.63, 3.8) is 0 Å². The maximum atomic E-state index is 12.8. The monoisotopic (exact) mass is 574 g/mol. The second-order valence-electron chi connectivity index (χ2n) is 8.40. The Labute approximate surface area is 238 Å². The van der Waals surface area contributed by atoms with Gasteiger partial charge < -0.3 is 20.1 Å². The third kappa shape index (κ3) is 6.41. The van der Waals surface area contributed by atoms with Gasteiger partial charge >= 0.3 is 0 Å². The second-order valence-corrected chi connectivity index (χ2v) is 10.4. The Morgan fingerprint density at radius 2 is 1.73 bits per heavy atom. The van der Waals surface area contributed by atoms with Crippen molar-refractivity contribution in [2.45, 2.75) is 18.6 Å². The van der Waals surface area contributed by atoms with Crippen molar-refractivity contribution in [1.82, 2.24) is 25.1 Å². The highest BCUT2D eigenvalue weighted by atomic mass is 32.2. The topological polar surface area (TPSA) is 120 Å². The first kappa shape index (κ1) is 27.2. The van der Waals surface area contributed by atoms with Gasteiger partial charge in [0.1, 0.15) is 11.5 Å². The number of rotatable bonds is 11. The van der Waals surface area contributed by atoms with Crippen molar-refractivity contribution >= 4 is 50.3 Å². The fourth-order valence-corrected chi connectivity index (χ4v) is 5.49. The molecule has 2 N–H and O–H groups in total. The number of thioether (sulfide) groups is 1. The van der Waals surface area contributed by atoms with E-state index in [1.165, 1.54) is 23.1 Å². The number of anilines is 1. The molecule has 12 heteroatoms. The molecule has 0 aliphatic carbocycles. The number of carbonyl (C=O) groups excluding carboxylic acids is 2. The number of nitrogens with one attached hydrogen (secondary N) is 2. The van der Waals surface area contributed by atoms with E-state index in [0.717, 1.165) is 21.7 Å². The van der Waals surface area contributed by atoms with E-state index >= 15 is 0 Å². The highest BCUT2D eigenvalue weighted by Crippen LogP contribution is 2.27. The zero-order valence-electron chi connectivity index (χ0n) is 21.8. The Morgan fingerprint density at radius 1 is 0.975 bits per heavy atom. The number of aromatic nitrogens is 4. The molecule has 0 aliphatic heterocycles. The lowest BCUT2D eigenvalue weighted by Crippen LogP contribution is -2.24. The van der Waals surface area contributed by atoms with E-state index in [1.54, 1.807) is 31.4 Å². The van der Waals surface area contributed by atoms with Gasteiger partial charge in [-0.05, 0) is 67.6 Å². The normalized spacial score (nSPS) is 10.8. The van der Waals surface area contributed by atoms with Gasteiger partial charge in [0.25, 0.3) is 5.91 Å². The molecule has 0 spiro atoms. The molecule has 204 valence electrons. The van der Waals surface area contributed by atoms with Gasteiger partial charge in [-0.3, -0.25) is 14.2 Å². The number of amides is 2. The summed E-state index contributed by atoms with van der Waals surface area (Å²) in [5.41, 5.74) is 2.11. The number of hydrogen-bond acceptors (Lipinski definition) is 9. The highest BCUT2D eigenvalue weighted by Gasteiger charge is 2.18. The number of hydrogen-bond donors (Lipinski definition) is 2. The van der Waals surface area contributed by atoms with E-state index in [-0.39, 0.29) is 24.1 Å². The summed E-state index contributed by atoms with van der Waals surface area (Å²) in [6, 6.07) is 22.0. The summed E-state index contributed by atoms with van der Waals surface area (Å²) in [5, 5.41) is 15.5. The average Bonchev–Trinajstić information content (AvgIpc) is 3.58. The van der Waals surface area contributed by atoms with Crippen LogP contribution in [-0.2, 0) is 11.3 Å². The first-order valence-corrected chi connectivity index (χ1v) is 14.2. The number of carbonyl (C=O) groups is 2. The number of thiazole rings is 1. The Morgan fingerprint density at radius 3 is 2.45 bits per heavy atom. The number of methoxy groups -OCH3 is 1. The van der Waals surface area contributed by atoms with Gasteiger partial charge in [0.2, 0.25) is 5.91 Å². The fourth-order valence-electron chi connectivity index (χ4n) is 3.84. The number of benzene rings is 3. The third-order valence-electron chi connectivity index (χ3n) is 5.74. The number of fused-ring (bicyclic) bond motifs is 1. The molecule has 0 unspecified atom stereocenters. The SMILES string of the molecule is CCOc1ccc(-n2c(CNC(=O)c3ccc(OC)cc3)nnc2SCC(=O)Nc2nc3ccccc3s2)cc1. The molecule has 5 rings (SSSR count). The van der Waals surface area contributed by atoms with E-state index in [1.807, 2.05) is 60.0 Å². The van der Waals surface area contributed by atoms with Gasteiger partial charge in [0, 0.05) is 11.3 Å². The van der Waals surface area contributed by atoms with Crippen LogP contribution in [0.2, 0.25) is 0 Å². The molecule has 5 aromatic rings. The lowest BCUT2D eigenvalue weighted by molar-refractivity contribution is -0.113. The van der Waals surface area contributed by atoms with Crippen molar-refractivity contribution in [3.8, 4) is 17.2 Å². The predicted molar refractivity (Wildman–Crippen MR) is 156 cm³/mol. The number of nitrogens with zero attached hydrogens (tertiary/aromatic N) is 4. The molecule has 2 heterocycles. The van der Waals surface area contributed by atoms with Crippen LogP contribution in [0.15, 0.2) is 78.0 Å². The highest BCUT2D eigenvalue weighted by molar-refractivity contribution is 7.99. The molecule has 10 nitrogen and oxygen atoms in total. The standard InChI is InChI=1S/C28H26N6O4S2/c1-3-38-21-14-10-19(11-15-21)34-24(16-29-26(36)18-8-12-20(37-2)13-9-18)32-33-28(34)39-17-25(35)31-27-30-22-6-4-5-7-23(22)40-27/h4-15H,3,16-17H2,1-2H3,(H,29,36)(H,30,31,35). The second kappa shape index (κ2) is 12.6. The van der Waals surface area contributed by atoms with Crippen molar-refractivity contribution in [1.29, 1.82) is 0 Å². The Hall–Kier alpha value is -4.42. The molecule has 3 aromatic carbocycles. The molecule has 0 radical (unpaired) electrons. The van der Waals surface area contributed by atoms with Crippen molar-refractivity contribution < 1.29 is 19.1 Å². The number of para-hydroxylation sites is 1. The van der Waals surface area contributed by atoms with Crippen LogP contribution in [0, 0.1) is 0 Å². The first-order chi connectivity index (χ1) is 19.5. The van der Waals surface area contributed by atoms with Gasteiger partial charge in [0.05, 0.1) is 36.2 Å². The largest absolute Gasteiger partial charge is 0.497 e. The minimum Gasteiger partial charge on any atom is -0.497 e. The lowest BCUT2D eigenvalue weighted by atomic mass is 10.2. The lowest BCUT2D eigenvalue weighted by Gasteiger charge is -2.12. The molecule has 40 heavy (non-hydrogen) atoms. The van der Waals surface area contributed by atoms with Crippen LogP contribution in [0.1, 0.15) is 23.1 Å². The molecule has 0 saturated heterocycles. The summed E-state index contributed by atoms with van der Waals surface area (Å²) in [4.78, 5) is 30.0. The van der Waals surface area contributed by atoms with Gasteiger partial charge in [-0.25, -0.2) is 4.98 Å². The average molecular weight is 575 g/mol. The predicted octanol–water partition coefficient (Wildman–Crippen LogP) is 4.95. The maximum absolute atomic E-state index is 12.8. The Balaban J connectivity index is 1.31. The zero-order chi connectivity index (χ0) is 27.9. The molecular formula is C28H26N6O4S2. The van der Waals surface area contributed by atoms with Gasteiger partial charge in [0.15, 0.2) is 16.1 Å². The Kier molecular flexibility index (Phi) is 8.57. The summed E-state index contributed by atoms with van der Waals surface area (Å²) >= 11 is 2.66. The van der Waals surface area contributed by atoms with Crippen LogP contribution in [0.5, 0.6) is 11.5 Å². The third-order valence-corrected chi connectivity index (χ3v) is 7.62. The van der Waals surface area contributed by atoms with Crippen molar-refractivity contribution in [2.75, 3.05) is 24.8 Å². The minimum atomic E-state index is -0.256. The molecule has 0 atom stereocenters. The van der Waals surface area contributed by atoms with Gasteiger partial charge in [-0.1, -0.05) is 35.2 Å². The molecule has 0 saturated carbocycles. The fraction of sp³-hybridized carbons (Fsp3) is 0.179. The zero-order valence-corrected chi connectivity index (χ0v) is 23.4. The van der Waals surface area contributed by atoms with Crippen molar-refractivity contribution in [2.24, 2.45) is 0 Å². The molecular weight excluding hydrogens is 548 g/mol. The molecule has 0 bridgehead atoms. The Bertz CT molecular complexity index is 1580. The number of ether oxygens (including phenoxy) is 2. The van der Waals surface area contributed by atoms with Crippen molar-refractivity contribution in [3.05, 3.63) is 84.2 Å². The van der Waals surface area contributed by atoms with E-state index in [0.29, 0.717) is 34.0 Å². The quantitative estimate of drug-likeness (QED) is 0.213. The van der Waals surface area contributed by atoms with E-state index in [9.17, 15) is 9.59 Å². The summed E-state index contributed by atoms with van der Waals surface area (Å²) in [5.74, 6) is 1.55. The van der Waals surface area contributed by atoms with Crippen LogP contribution in [0.25, 0.3) is 15.9 Å². The summed E-state index contributed by atoms with van der Waals surface area (Å²) < 4.78 is 13.6. The molecule has 0 fully saturated rings. The van der Waals surface area contributed by atoms with Crippen LogP contribution >= 0.6 is 23.1 Å². The maximum Gasteiger partial charge on any atom is 0.251 e. The minimum absolute atomic E-state index is 0.100. The van der Waals surface area contributed by atoms with Gasteiger partial charge in [-0.2, -0.15) is 0 Å². The van der Waals surface area contributed by atoms with E-state index in [2.05, 4.69) is 25.8 Å². The smallest absolute Gasteiger partial charge is 0.251 e. The molecule has 2 amide bonds. The van der Waals surface area contributed by atoms with E-state index < -0.39 is 0 Å². The van der Waals surface area contributed by atoms with Crippen LogP contribution in [0.3, 0.4) is 0 Å². The van der Waals surface area contributed by atoms with Gasteiger partial charge in [-0.15, -0.1) is 10.2 Å². The first-order valence-electron chi connectivity index (χ1n) is 12.4. The summed E-state index contributed by atoms with van der Waals surface area (Å²) in [7, 11) is 1.57. The summed E-state index contributed by atoms with van der Waals surface area (Å²) in [6.07, 6.45) is 0. The molecule has 2 aromatic heterocycles. The van der Waals surface area contributed by atoms with Crippen LogP contribution in [0.4, 0.5) is 5.13 Å².